The lowest BCUT2D eigenvalue weighted by molar-refractivity contribution is -0.123. The highest BCUT2D eigenvalue weighted by Crippen LogP contribution is 2.25. The van der Waals surface area contributed by atoms with Crippen LogP contribution in [-0.2, 0) is 22.4 Å². The lowest BCUT2D eigenvalue weighted by Gasteiger charge is -2.26. The van der Waals surface area contributed by atoms with E-state index in [0.29, 0.717) is 6.54 Å². The summed E-state index contributed by atoms with van der Waals surface area (Å²) in [4.78, 5) is 14.2. The topological polar surface area (TPSA) is 50.8 Å². The van der Waals surface area contributed by atoms with Gasteiger partial charge in [0.2, 0.25) is 0 Å². The first-order chi connectivity index (χ1) is 11.3. The number of nitrogens with zero attached hydrogens (tertiary/aromatic N) is 1. The van der Waals surface area contributed by atoms with Gasteiger partial charge in [0.05, 0.1) is 13.2 Å². The minimum atomic E-state index is -0.0593. The van der Waals surface area contributed by atoms with Crippen LogP contribution in [-0.4, -0.2) is 56.8 Å². The maximum Gasteiger partial charge on any atom is 0.257 e. The second-order valence-corrected chi connectivity index (χ2v) is 6.23. The van der Waals surface area contributed by atoms with Crippen molar-refractivity contribution in [2.24, 2.45) is 0 Å². The van der Waals surface area contributed by atoms with Crippen LogP contribution in [0.15, 0.2) is 18.2 Å². The number of carbonyl (C=O) groups excluding carboxylic acids is 1. The van der Waals surface area contributed by atoms with E-state index in [9.17, 15) is 4.79 Å². The van der Waals surface area contributed by atoms with Crippen molar-refractivity contribution < 1.29 is 14.3 Å². The predicted octanol–water partition coefficient (Wildman–Crippen LogP) is 1.39. The van der Waals surface area contributed by atoms with Crippen LogP contribution in [0.1, 0.15) is 24.0 Å². The van der Waals surface area contributed by atoms with E-state index in [1.54, 1.807) is 0 Å². The van der Waals surface area contributed by atoms with E-state index >= 15 is 0 Å². The number of nitrogens with one attached hydrogen (secondary N) is 1. The fourth-order valence-electron chi connectivity index (χ4n) is 3.18. The zero-order chi connectivity index (χ0) is 15.9. The number of benzene rings is 1. The lowest BCUT2D eigenvalue weighted by atomic mass is 9.92. The molecule has 1 amide bonds. The average molecular weight is 318 g/mol. The van der Waals surface area contributed by atoms with Crippen LogP contribution in [0.4, 0.5) is 0 Å². The molecule has 126 valence electrons. The van der Waals surface area contributed by atoms with E-state index in [2.05, 4.69) is 22.3 Å². The van der Waals surface area contributed by atoms with Crippen LogP contribution < -0.4 is 10.1 Å². The molecule has 2 aliphatic rings. The Hall–Kier alpha value is -1.59. The average Bonchev–Trinajstić information content (AvgIpc) is 2.61. The zero-order valence-corrected chi connectivity index (χ0v) is 13.7. The summed E-state index contributed by atoms with van der Waals surface area (Å²) in [5.41, 5.74) is 2.81. The van der Waals surface area contributed by atoms with Gasteiger partial charge in [0.15, 0.2) is 6.61 Å². The monoisotopic (exact) mass is 318 g/mol. The number of hydrogen-bond acceptors (Lipinski definition) is 4. The third-order valence-corrected chi connectivity index (χ3v) is 4.54. The van der Waals surface area contributed by atoms with E-state index < -0.39 is 0 Å². The molecule has 0 aromatic heterocycles. The number of hydrogen-bond donors (Lipinski definition) is 1. The van der Waals surface area contributed by atoms with Gasteiger partial charge >= 0.3 is 0 Å². The van der Waals surface area contributed by atoms with Gasteiger partial charge in [-0.25, -0.2) is 0 Å². The highest BCUT2D eigenvalue weighted by Gasteiger charge is 2.12. The molecule has 1 fully saturated rings. The molecular formula is C18H26N2O3. The van der Waals surface area contributed by atoms with E-state index in [1.165, 1.54) is 24.0 Å². The van der Waals surface area contributed by atoms with Gasteiger partial charge in [-0.15, -0.1) is 0 Å². The summed E-state index contributed by atoms with van der Waals surface area (Å²) >= 11 is 0. The molecule has 0 radical (unpaired) electrons. The molecule has 1 aromatic rings. The predicted molar refractivity (Wildman–Crippen MR) is 88.8 cm³/mol. The zero-order valence-electron chi connectivity index (χ0n) is 13.7. The lowest BCUT2D eigenvalue weighted by Crippen LogP contribution is -2.42. The molecule has 0 spiro atoms. The number of amides is 1. The van der Waals surface area contributed by atoms with Gasteiger partial charge in [-0.05, 0) is 48.9 Å². The summed E-state index contributed by atoms with van der Waals surface area (Å²) < 4.78 is 10.9. The SMILES string of the molecule is O=C(COc1ccc2c(c1)CCCC2)NCCN1CCOCC1. The molecule has 0 bridgehead atoms. The molecule has 23 heavy (non-hydrogen) atoms. The van der Waals surface area contributed by atoms with Crippen molar-refractivity contribution in [2.75, 3.05) is 46.0 Å². The Kier molecular flexibility index (Phi) is 5.88. The van der Waals surface area contributed by atoms with Crippen molar-refractivity contribution in [3.05, 3.63) is 29.3 Å². The largest absolute Gasteiger partial charge is 0.484 e. The molecule has 1 aliphatic heterocycles. The Morgan fingerprint density at radius 1 is 1.17 bits per heavy atom. The Labute approximate surface area is 137 Å². The maximum absolute atomic E-state index is 11.9. The van der Waals surface area contributed by atoms with Crippen molar-refractivity contribution in [1.82, 2.24) is 10.2 Å². The molecule has 0 saturated carbocycles. The third kappa shape index (κ3) is 4.94. The number of morpholine rings is 1. The third-order valence-electron chi connectivity index (χ3n) is 4.54. The summed E-state index contributed by atoms with van der Waals surface area (Å²) in [6, 6.07) is 6.21. The summed E-state index contributed by atoms with van der Waals surface area (Å²) in [6.07, 6.45) is 4.81. The van der Waals surface area contributed by atoms with Crippen LogP contribution in [0.2, 0.25) is 0 Å². The first-order valence-corrected chi connectivity index (χ1v) is 8.63. The van der Waals surface area contributed by atoms with Crippen molar-refractivity contribution in [2.45, 2.75) is 25.7 Å². The Morgan fingerprint density at radius 3 is 2.78 bits per heavy atom. The van der Waals surface area contributed by atoms with Gasteiger partial charge < -0.3 is 14.8 Å². The molecule has 1 saturated heterocycles. The van der Waals surface area contributed by atoms with Crippen LogP contribution in [0.25, 0.3) is 0 Å². The standard InChI is InChI=1S/C18H26N2O3/c21-18(19-7-8-20-9-11-22-12-10-20)14-23-17-6-5-15-3-1-2-4-16(15)13-17/h5-6,13H,1-4,7-12,14H2,(H,19,21). The van der Waals surface area contributed by atoms with E-state index in [0.717, 1.165) is 51.4 Å². The Balaban J connectivity index is 1.37. The fourth-order valence-corrected chi connectivity index (χ4v) is 3.18. The van der Waals surface area contributed by atoms with Gasteiger partial charge in [-0.1, -0.05) is 6.07 Å². The van der Waals surface area contributed by atoms with E-state index in [4.69, 9.17) is 9.47 Å². The Morgan fingerprint density at radius 2 is 1.96 bits per heavy atom. The van der Waals surface area contributed by atoms with Crippen LogP contribution >= 0.6 is 0 Å². The molecule has 1 heterocycles. The summed E-state index contributed by atoms with van der Waals surface area (Å²) in [6.45, 7) is 5.08. The van der Waals surface area contributed by atoms with Gasteiger partial charge in [0.25, 0.3) is 5.91 Å². The van der Waals surface area contributed by atoms with Gasteiger partial charge in [-0.2, -0.15) is 0 Å². The van der Waals surface area contributed by atoms with Crippen molar-refractivity contribution >= 4 is 5.91 Å². The maximum atomic E-state index is 11.9. The molecule has 1 aliphatic carbocycles. The molecule has 1 aromatic carbocycles. The fraction of sp³-hybridized carbons (Fsp3) is 0.611. The van der Waals surface area contributed by atoms with Crippen LogP contribution in [0.3, 0.4) is 0 Å². The van der Waals surface area contributed by atoms with Crippen LogP contribution in [0.5, 0.6) is 5.75 Å². The number of fused-ring (bicyclic) bond motifs is 1. The van der Waals surface area contributed by atoms with Crippen molar-refractivity contribution in [1.29, 1.82) is 0 Å². The van der Waals surface area contributed by atoms with Crippen molar-refractivity contribution in [3.8, 4) is 5.75 Å². The molecular weight excluding hydrogens is 292 g/mol. The highest BCUT2D eigenvalue weighted by atomic mass is 16.5. The van der Waals surface area contributed by atoms with Crippen molar-refractivity contribution in [3.63, 3.8) is 0 Å². The normalized spacial score (nSPS) is 18.3. The first-order valence-electron chi connectivity index (χ1n) is 8.63. The minimum Gasteiger partial charge on any atom is -0.484 e. The second-order valence-electron chi connectivity index (χ2n) is 6.23. The first kappa shape index (κ1) is 16.3. The number of carbonyl (C=O) groups is 1. The highest BCUT2D eigenvalue weighted by molar-refractivity contribution is 5.77. The smallest absolute Gasteiger partial charge is 0.257 e. The van der Waals surface area contributed by atoms with E-state index in [1.807, 2.05) is 6.07 Å². The number of ether oxygens (including phenoxy) is 2. The van der Waals surface area contributed by atoms with E-state index in [-0.39, 0.29) is 12.5 Å². The van der Waals surface area contributed by atoms with Crippen LogP contribution in [0, 0.1) is 0 Å². The number of aryl methyl sites for hydroxylation is 2. The van der Waals surface area contributed by atoms with Gasteiger partial charge in [-0.3, -0.25) is 9.69 Å². The quantitative estimate of drug-likeness (QED) is 0.861. The molecule has 0 unspecified atom stereocenters. The summed E-state index contributed by atoms with van der Waals surface area (Å²) in [5, 5.41) is 2.92. The number of rotatable bonds is 6. The minimum absolute atomic E-state index is 0.0593. The van der Waals surface area contributed by atoms with Gasteiger partial charge in [0, 0.05) is 26.2 Å². The van der Waals surface area contributed by atoms with Gasteiger partial charge in [0.1, 0.15) is 5.75 Å². The second kappa shape index (κ2) is 8.31. The molecule has 1 N–H and O–H groups in total. The molecule has 5 nitrogen and oxygen atoms in total. The molecule has 0 atom stereocenters. The molecule has 3 rings (SSSR count). The summed E-state index contributed by atoms with van der Waals surface area (Å²) in [7, 11) is 0. The Bertz CT molecular complexity index is 527. The summed E-state index contributed by atoms with van der Waals surface area (Å²) in [5.74, 6) is 0.741. The molecule has 5 heteroatoms.